The summed E-state index contributed by atoms with van der Waals surface area (Å²) in [6.45, 7) is 1.11. The summed E-state index contributed by atoms with van der Waals surface area (Å²) in [5.74, 6) is -0.00522. The van der Waals surface area contributed by atoms with Gasteiger partial charge in [-0.2, -0.15) is 0 Å². The predicted molar refractivity (Wildman–Crippen MR) is 76.3 cm³/mol. The van der Waals surface area contributed by atoms with Crippen LogP contribution in [0.4, 0.5) is 0 Å². The number of ether oxygens (including phenoxy) is 1. The smallest absolute Gasteiger partial charge is 0.321 e. The Kier molecular flexibility index (Phi) is 3.62. The summed E-state index contributed by atoms with van der Waals surface area (Å²) in [5.41, 5.74) is 2.94. The molecule has 2 N–H and O–H groups in total. The van der Waals surface area contributed by atoms with Gasteiger partial charge < -0.3 is 14.4 Å². The third-order valence-corrected chi connectivity index (χ3v) is 3.78. The van der Waals surface area contributed by atoms with E-state index in [1.165, 1.54) is 0 Å². The van der Waals surface area contributed by atoms with Crippen LogP contribution in [0.2, 0.25) is 0 Å². The molecule has 1 aromatic heterocycles. The quantitative estimate of drug-likeness (QED) is 0.878. The highest BCUT2D eigenvalue weighted by Crippen LogP contribution is 2.22. The number of fused-ring (bicyclic) bond motifs is 1. The number of aliphatic carboxylic acids is 1. The second kappa shape index (κ2) is 5.57. The first kappa shape index (κ1) is 13.6. The number of imidazole rings is 1. The molecule has 0 saturated carbocycles. The number of carboxylic acid groups (broad SMARTS) is 1. The molecule has 0 amide bonds. The van der Waals surface area contributed by atoms with E-state index in [-0.39, 0.29) is 0 Å². The number of hydrogen-bond donors (Lipinski definition) is 2. The first-order chi connectivity index (χ1) is 10.2. The van der Waals surface area contributed by atoms with Crippen molar-refractivity contribution in [1.82, 2.24) is 14.9 Å². The largest absolute Gasteiger partial charge is 0.496 e. The van der Waals surface area contributed by atoms with Gasteiger partial charge in [0.15, 0.2) is 0 Å². The van der Waals surface area contributed by atoms with Gasteiger partial charge in [-0.25, -0.2) is 4.98 Å². The Hall–Kier alpha value is -2.34. The Morgan fingerprint density at radius 2 is 2.33 bits per heavy atom. The molecule has 6 heteroatoms. The molecule has 0 bridgehead atoms. The minimum atomic E-state index is -0.828. The number of hydrogen-bond acceptors (Lipinski definition) is 4. The van der Waals surface area contributed by atoms with Gasteiger partial charge in [-0.15, -0.1) is 0 Å². The van der Waals surface area contributed by atoms with Crippen LogP contribution < -0.4 is 10.1 Å². The van der Waals surface area contributed by atoms with Crippen LogP contribution in [0.25, 0.3) is 0 Å². The summed E-state index contributed by atoms with van der Waals surface area (Å²) in [5, 5.41) is 12.1. The molecule has 6 nitrogen and oxygen atoms in total. The van der Waals surface area contributed by atoms with E-state index >= 15 is 0 Å². The molecule has 1 aromatic carbocycles. The number of carbonyl (C=O) groups is 1. The lowest BCUT2D eigenvalue weighted by molar-refractivity contribution is -0.139. The van der Waals surface area contributed by atoms with E-state index in [2.05, 4.69) is 10.3 Å². The van der Waals surface area contributed by atoms with Gasteiger partial charge in [-0.05, 0) is 6.07 Å². The molecule has 110 valence electrons. The topological polar surface area (TPSA) is 76.4 Å². The molecule has 2 aromatic rings. The van der Waals surface area contributed by atoms with Crippen LogP contribution in [0.3, 0.4) is 0 Å². The molecule has 21 heavy (non-hydrogen) atoms. The molecule has 1 aliphatic rings. The Morgan fingerprint density at radius 1 is 1.52 bits per heavy atom. The molecule has 0 aliphatic carbocycles. The summed E-state index contributed by atoms with van der Waals surface area (Å²) in [6.07, 6.45) is 2.21. The van der Waals surface area contributed by atoms with Gasteiger partial charge in [0.1, 0.15) is 11.8 Å². The third-order valence-electron chi connectivity index (χ3n) is 3.78. The summed E-state index contributed by atoms with van der Waals surface area (Å²) < 4.78 is 7.36. The molecule has 1 unspecified atom stereocenters. The van der Waals surface area contributed by atoms with Crippen molar-refractivity contribution in [2.75, 3.05) is 7.11 Å². The monoisotopic (exact) mass is 287 g/mol. The van der Waals surface area contributed by atoms with Gasteiger partial charge in [-0.3, -0.25) is 10.1 Å². The lowest BCUT2D eigenvalue weighted by Crippen LogP contribution is -2.42. The van der Waals surface area contributed by atoms with E-state index in [1.54, 1.807) is 13.4 Å². The maximum Gasteiger partial charge on any atom is 0.321 e. The first-order valence-corrected chi connectivity index (χ1v) is 6.80. The molecule has 1 atom stereocenters. The Labute approximate surface area is 122 Å². The van der Waals surface area contributed by atoms with Crippen LogP contribution in [0.5, 0.6) is 5.75 Å². The average molecular weight is 287 g/mol. The molecule has 2 heterocycles. The van der Waals surface area contributed by atoms with Crippen LogP contribution in [0, 0.1) is 0 Å². The molecule has 0 fully saturated rings. The van der Waals surface area contributed by atoms with Gasteiger partial charge in [0, 0.05) is 24.2 Å². The number of aromatic nitrogens is 2. The van der Waals surface area contributed by atoms with E-state index < -0.39 is 12.0 Å². The van der Waals surface area contributed by atoms with E-state index in [1.807, 2.05) is 28.8 Å². The number of rotatable bonds is 4. The lowest BCUT2D eigenvalue weighted by atomic mass is 10.1. The van der Waals surface area contributed by atoms with Crippen molar-refractivity contribution >= 4 is 5.97 Å². The summed E-state index contributed by atoms with van der Waals surface area (Å²) in [4.78, 5) is 15.5. The zero-order valence-electron chi connectivity index (χ0n) is 11.7. The van der Waals surface area contributed by atoms with Crippen molar-refractivity contribution in [3.05, 3.63) is 47.5 Å². The van der Waals surface area contributed by atoms with E-state index in [4.69, 9.17) is 9.84 Å². The van der Waals surface area contributed by atoms with Crippen LogP contribution in [-0.2, 0) is 24.3 Å². The van der Waals surface area contributed by atoms with Crippen molar-refractivity contribution in [1.29, 1.82) is 0 Å². The van der Waals surface area contributed by atoms with Gasteiger partial charge >= 0.3 is 5.97 Å². The van der Waals surface area contributed by atoms with E-state index in [0.717, 1.165) is 22.7 Å². The van der Waals surface area contributed by atoms with Crippen molar-refractivity contribution in [2.45, 2.75) is 25.6 Å². The highest BCUT2D eigenvalue weighted by molar-refractivity contribution is 5.74. The van der Waals surface area contributed by atoms with Crippen molar-refractivity contribution in [3.8, 4) is 5.75 Å². The van der Waals surface area contributed by atoms with Crippen LogP contribution >= 0.6 is 0 Å². The normalized spacial score (nSPS) is 17.3. The van der Waals surface area contributed by atoms with Crippen LogP contribution in [-0.4, -0.2) is 33.8 Å². The first-order valence-electron chi connectivity index (χ1n) is 6.80. The zero-order chi connectivity index (χ0) is 14.8. The number of carboxylic acids is 1. The molecule has 1 aliphatic heterocycles. The predicted octanol–water partition coefficient (Wildman–Crippen LogP) is 1.04. The molecule has 3 rings (SSSR count). The van der Waals surface area contributed by atoms with Gasteiger partial charge in [-0.1, -0.05) is 18.2 Å². The molecular formula is C15H17N3O3. The number of nitrogens with zero attached hydrogens (tertiary/aromatic N) is 2. The maximum atomic E-state index is 11.1. The van der Waals surface area contributed by atoms with Gasteiger partial charge in [0.2, 0.25) is 0 Å². The lowest BCUT2D eigenvalue weighted by Gasteiger charge is -2.21. The number of nitrogens with one attached hydrogen (secondary N) is 1. The second-order valence-electron chi connectivity index (χ2n) is 5.05. The van der Waals surface area contributed by atoms with Crippen molar-refractivity contribution in [3.63, 3.8) is 0 Å². The fourth-order valence-corrected chi connectivity index (χ4v) is 2.65. The highest BCUT2D eigenvalue weighted by Gasteiger charge is 2.27. The summed E-state index contributed by atoms with van der Waals surface area (Å²) in [7, 11) is 1.65. The van der Waals surface area contributed by atoms with E-state index in [9.17, 15) is 4.79 Å². The van der Waals surface area contributed by atoms with Gasteiger partial charge in [0.25, 0.3) is 0 Å². The van der Waals surface area contributed by atoms with Crippen LogP contribution in [0.15, 0.2) is 30.6 Å². The van der Waals surface area contributed by atoms with Crippen molar-refractivity contribution in [2.24, 2.45) is 0 Å². The molecule has 0 spiro atoms. The minimum absolute atomic E-state index is 0.444. The third kappa shape index (κ3) is 2.62. The Balaban J connectivity index is 1.88. The van der Waals surface area contributed by atoms with Gasteiger partial charge in [0.05, 0.1) is 25.7 Å². The van der Waals surface area contributed by atoms with E-state index in [0.29, 0.717) is 19.5 Å². The highest BCUT2D eigenvalue weighted by atomic mass is 16.5. The fourth-order valence-electron chi connectivity index (χ4n) is 2.65. The Bertz CT molecular complexity index is 666. The standard InChI is InChI=1S/C15H17N3O3/c1-21-14-5-3-2-4-10(14)8-18-9-17-12-7-16-11(15(19)20)6-13(12)18/h2-5,9,11,16H,6-8H2,1H3,(H,19,20). The number of methoxy groups -OCH3 is 1. The molecular weight excluding hydrogens is 270 g/mol. The Morgan fingerprint density at radius 3 is 3.10 bits per heavy atom. The number of para-hydroxylation sites is 1. The average Bonchev–Trinajstić information content (AvgIpc) is 2.90. The fraction of sp³-hybridized carbons (Fsp3) is 0.333. The number of benzene rings is 1. The summed E-state index contributed by atoms with van der Waals surface area (Å²) in [6, 6.07) is 7.26. The minimum Gasteiger partial charge on any atom is -0.496 e. The second-order valence-corrected chi connectivity index (χ2v) is 5.05. The van der Waals surface area contributed by atoms with Crippen LogP contribution in [0.1, 0.15) is 17.0 Å². The molecule has 0 saturated heterocycles. The SMILES string of the molecule is COc1ccccc1Cn1cnc2c1CC(C(=O)O)NC2. The van der Waals surface area contributed by atoms with Crippen molar-refractivity contribution < 1.29 is 14.6 Å². The summed E-state index contributed by atoms with van der Waals surface area (Å²) >= 11 is 0. The molecule has 0 radical (unpaired) electrons. The zero-order valence-corrected chi connectivity index (χ0v) is 11.7. The maximum absolute atomic E-state index is 11.1.